The van der Waals surface area contributed by atoms with E-state index >= 15 is 0 Å². The number of benzene rings is 2. The first kappa shape index (κ1) is 22.1. The highest BCUT2D eigenvalue weighted by Crippen LogP contribution is 2.60. The summed E-state index contributed by atoms with van der Waals surface area (Å²) in [4.78, 5) is 0. The summed E-state index contributed by atoms with van der Waals surface area (Å²) in [5.41, 5.74) is 7.13. The quantitative estimate of drug-likeness (QED) is 0.374. The Kier molecular flexibility index (Phi) is 5.29. The second-order valence-corrected chi connectivity index (χ2v) is 11.8. The van der Waals surface area contributed by atoms with E-state index in [-0.39, 0.29) is 17.1 Å². The van der Waals surface area contributed by atoms with Crippen molar-refractivity contribution in [3.63, 3.8) is 0 Å². The van der Waals surface area contributed by atoms with Crippen LogP contribution in [0.25, 0.3) is 16.7 Å². The van der Waals surface area contributed by atoms with Crippen molar-refractivity contribution in [3.05, 3.63) is 56.5 Å². The molecule has 0 saturated heterocycles. The third-order valence-corrected chi connectivity index (χ3v) is 8.23. The number of rotatable bonds is 2. The second-order valence-electron chi connectivity index (χ2n) is 10.1. The Hall–Kier alpha value is -1.72. The van der Waals surface area contributed by atoms with Crippen LogP contribution in [0.15, 0.2) is 45.4 Å². The van der Waals surface area contributed by atoms with Crippen LogP contribution in [0.4, 0.5) is 5.69 Å². The highest BCUT2D eigenvalue weighted by Gasteiger charge is 2.45. The summed E-state index contributed by atoms with van der Waals surface area (Å²) < 4.78 is 14.7. The van der Waals surface area contributed by atoms with Gasteiger partial charge in [0.05, 0.1) is 27.2 Å². The van der Waals surface area contributed by atoms with E-state index in [0.29, 0.717) is 0 Å². The topological polar surface area (TPSA) is 30.5 Å². The summed E-state index contributed by atoms with van der Waals surface area (Å²) >= 11 is 7.47. The van der Waals surface area contributed by atoms with Crippen LogP contribution in [0.1, 0.15) is 64.2 Å². The van der Waals surface area contributed by atoms with Gasteiger partial charge in [-0.2, -0.15) is 0 Å². The van der Waals surface area contributed by atoms with Gasteiger partial charge < -0.3 is 14.8 Å². The molecular weight excluding hydrogens is 530 g/mol. The monoisotopic (exact) mass is 557 g/mol. The van der Waals surface area contributed by atoms with Crippen LogP contribution >= 0.6 is 31.9 Å². The van der Waals surface area contributed by atoms with Crippen molar-refractivity contribution < 1.29 is 9.47 Å². The fraction of sp³-hybridized carbons (Fsp3) is 0.407. The lowest BCUT2D eigenvalue weighted by molar-refractivity contribution is 0.0476. The van der Waals surface area contributed by atoms with Gasteiger partial charge in [-0.3, -0.25) is 0 Å². The van der Waals surface area contributed by atoms with Crippen LogP contribution in [0, 0.1) is 5.41 Å². The zero-order valence-electron chi connectivity index (χ0n) is 19.2. The first-order chi connectivity index (χ1) is 15.1. The molecule has 0 spiro atoms. The Bertz CT molecular complexity index is 1180. The standard InChI is InChI=1S/C27H29Br2NO2/c1-15-14-26(2,3)30-19-10-9-16-21(20(15)19)25(27(4)11-7-6-8-12-27)32-24-18(29)13-17(28)23(31-5)22(16)24/h6-7,9-10,13-14,25,30H,8,11-12H2,1-5H3. The normalized spacial score (nSPS) is 25.0. The Morgan fingerprint density at radius 3 is 2.56 bits per heavy atom. The lowest BCUT2D eigenvalue weighted by Gasteiger charge is -2.45. The third-order valence-electron chi connectivity index (χ3n) is 7.05. The van der Waals surface area contributed by atoms with Gasteiger partial charge in [-0.15, -0.1) is 0 Å². The van der Waals surface area contributed by atoms with Gasteiger partial charge in [0.25, 0.3) is 0 Å². The van der Waals surface area contributed by atoms with Crippen LogP contribution in [-0.2, 0) is 0 Å². The smallest absolute Gasteiger partial charge is 0.146 e. The van der Waals surface area contributed by atoms with Gasteiger partial charge in [-0.05, 0) is 95.2 Å². The second kappa shape index (κ2) is 7.66. The maximum atomic E-state index is 6.96. The van der Waals surface area contributed by atoms with Crippen molar-refractivity contribution in [3.8, 4) is 22.6 Å². The van der Waals surface area contributed by atoms with Crippen molar-refractivity contribution in [2.75, 3.05) is 12.4 Å². The number of hydrogen-bond donors (Lipinski definition) is 1. The highest BCUT2D eigenvalue weighted by molar-refractivity contribution is 9.11. The molecule has 0 bridgehead atoms. The van der Waals surface area contributed by atoms with Crippen LogP contribution in [0.5, 0.6) is 11.5 Å². The van der Waals surface area contributed by atoms with Gasteiger partial charge >= 0.3 is 0 Å². The molecule has 32 heavy (non-hydrogen) atoms. The van der Waals surface area contributed by atoms with Gasteiger partial charge in [-0.25, -0.2) is 0 Å². The fourth-order valence-electron chi connectivity index (χ4n) is 5.67. The molecule has 0 aromatic heterocycles. The summed E-state index contributed by atoms with van der Waals surface area (Å²) in [6.07, 6.45) is 10.1. The molecule has 168 valence electrons. The lowest BCUT2D eigenvalue weighted by atomic mass is 9.68. The van der Waals surface area contributed by atoms with Crippen LogP contribution in [0.2, 0.25) is 0 Å². The predicted molar refractivity (Wildman–Crippen MR) is 140 cm³/mol. The molecule has 2 atom stereocenters. The summed E-state index contributed by atoms with van der Waals surface area (Å²) in [7, 11) is 1.72. The summed E-state index contributed by atoms with van der Waals surface area (Å²) in [6.45, 7) is 9.03. The van der Waals surface area contributed by atoms with Gasteiger partial charge in [0.15, 0.2) is 0 Å². The van der Waals surface area contributed by atoms with Gasteiger partial charge in [0, 0.05) is 22.2 Å². The summed E-state index contributed by atoms with van der Waals surface area (Å²) in [5.74, 6) is 1.67. The molecule has 2 heterocycles. The molecule has 2 aromatic carbocycles. The lowest BCUT2D eigenvalue weighted by Crippen LogP contribution is -2.36. The fourth-order valence-corrected chi connectivity index (χ4v) is 7.09. The van der Waals surface area contributed by atoms with Gasteiger partial charge in [0.1, 0.15) is 17.6 Å². The first-order valence-corrected chi connectivity index (χ1v) is 12.8. The molecule has 0 amide bonds. The molecule has 0 saturated carbocycles. The Balaban J connectivity index is 1.85. The van der Waals surface area contributed by atoms with Crippen molar-refractivity contribution in [2.24, 2.45) is 5.41 Å². The van der Waals surface area contributed by atoms with Crippen molar-refractivity contribution in [1.82, 2.24) is 0 Å². The minimum Gasteiger partial charge on any atom is -0.495 e. The molecule has 2 unspecified atom stereocenters. The summed E-state index contributed by atoms with van der Waals surface area (Å²) in [6, 6.07) is 6.49. The highest BCUT2D eigenvalue weighted by atomic mass is 79.9. The minimum atomic E-state index is -0.0878. The van der Waals surface area contributed by atoms with E-state index in [1.54, 1.807) is 7.11 Å². The summed E-state index contributed by atoms with van der Waals surface area (Å²) in [5, 5.41) is 3.73. The van der Waals surface area contributed by atoms with E-state index in [1.807, 2.05) is 6.07 Å². The number of halogens is 2. The average molecular weight is 559 g/mol. The van der Waals surface area contributed by atoms with Crippen LogP contribution in [0.3, 0.4) is 0 Å². The minimum absolute atomic E-state index is 0.00328. The van der Waals surface area contributed by atoms with E-state index in [4.69, 9.17) is 9.47 Å². The maximum absolute atomic E-state index is 6.96. The molecule has 2 aromatic rings. The van der Waals surface area contributed by atoms with E-state index in [0.717, 1.165) is 45.3 Å². The van der Waals surface area contributed by atoms with E-state index in [1.165, 1.54) is 28.0 Å². The molecule has 0 fully saturated rings. The maximum Gasteiger partial charge on any atom is 0.146 e. The number of anilines is 1. The van der Waals surface area contributed by atoms with Crippen molar-refractivity contribution in [1.29, 1.82) is 0 Å². The number of hydrogen-bond acceptors (Lipinski definition) is 3. The average Bonchev–Trinajstić information content (AvgIpc) is 2.72. The van der Waals surface area contributed by atoms with Gasteiger partial charge in [-0.1, -0.05) is 31.2 Å². The van der Waals surface area contributed by atoms with E-state index in [2.05, 4.69) is 95.2 Å². The zero-order chi connectivity index (χ0) is 22.8. The molecule has 1 aliphatic carbocycles. The van der Waals surface area contributed by atoms with E-state index in [9.17, 15) is 0 Å². The number of ether oxygens (including phenoxy) is 2. The number of methoxy groups -OCH3 is 1. The first-order valence-electron chi connectivity index (χ1n) is 11.2. The molecule has 0 radical (unpaired) electrons. The van der Waals surface area contributed by atoms with Crippen LogP contribution in [-0.4, -0.2) is 12.6 Å². The van der Waals surface area contributed by atoms with Crippen molar-refractivity contribution >= 4 is 43.1 Å². The molecule has 1 N–H and O–H groups in total. The van der Waals surface area contributed by atoms with Gasteiger partial charge in [0.2, 0.25) is 0 Å². The molecule has 2 aliphatic heterocycles. The van der Waals surface area contributed by atoms with Crippen LogP contribution < -0.4 is 14.8 Å². The number of fused-ring (bicyclic) bond motifs is 5. The Morgan fingerprint density at radius 2 is 1.88 bits per heavy atom. The SMILES string of the molecule is COc1c(Br)cc(Br)c2c1-c1ccc3c(c1C(C1(C)CC=CCC1)O2)C(C)=CC(C)(C)N3. The number of nitrogens with one attached hydrogen (secondary N) is 1. The predicted octanol–water partition coefficient (Wildman–Crippen LogP) is 8.67. The molecule has 5 rings (SSSR count). The Morgan fingerprint density at radius 1 is 1.09 bits per heavy atom. The molecule has 3 nitrogen and oxygen atoms in total. The molecular formula is C27H29Br2NO2. The van der Waals surface area contributed by atoms with Crippen molar-refractivity contribution in [2.45, 2.75) is 58.6 Å². The zero-order valence-corrected chi connectivity index (χ0v) is 22.4. The largest absolute Gasteiger partial charge is 0.495 e. The third kappa shape index (κ3) is 3.35. The van der Waals surface area contributed by atoms with E-state index < -0.39 is 0 Å². The Labute approximate surface area is 207 Å². The number of allylic oxidation sites excluding steroid dienone is 3. The molecule has 3 aliphatic rings. The molecule has 5 heteroatoms.